The number of halogens is 2. The van der Waals surface area contributed by atoms with E-state index in [9.17, 15) is 14.3 Å². The fraction of sp³-hybridized carbons (Fsp3) is 0.207. The Hall–Kier alpha value is -3.85. The average Bonchev–Trinajstić information content (AvgIpc) is 3.55. The summed E-state index contributed by atoms with van der Waals surface area (Å²) in [7, 11) is 1.81. The van der Waals surface area contributed by atoms with E-state index in [-0.39, 0.29) is 24.6 Å². The lowest BCUT2D eigenvalue weighted by Gasteiger charge is -2.34. The first-order valence-electron chi connectivity index (χ1n) is 12.2. The van der Waals surface area contributed by atoms with Gasteiger partial charge in [0.1, 0.15) is 12.1 Å². The molecule has 38 heavy (non-hydrogen) atoms. The second kappa shape index (κ2) is 9.47. The average molecular weight is 531 g/mol. The summed E-state index contributed by atoms with van der Waals surface area (Å²) in [6.45, 7) is 0.335. The van der Waals surface area contributed by atoms with Crippen LogP contribution in [0.25, 0.3) is 22.0 Å². The van der Waals surface area contributed by atoms with Crippen molar-refractivity contribution in [1.29, 1.82) is 0 Å². The molecule has 0 amide bonds. The number of rotatable bonds is 7. The molecule has 6 rings (SSSR count). The molecule has 3 heterocycles. The largest absolute Gasteiger partial charge is 0.394 e. The lowest BCUT2D eigenvalue weighted by Crippen LogP contribution is -2.37. The lowest BCUT2D eigenvalue weighted by atomic mass is 9.82. The fourth-order valence-electron chi connectivity index (χ4n) is 5.49. The smallest absolute Gasteiger partial charge is 0.251 e. The molecule has 0 fully saturated rings. The molecule has 0 aliphatic carbocycles. The molecule has 0 bridgehead atoms. The maximum Gasteiger partial charge on any atom is 0.251 e. The van der Waals surface area contributed by atoms with Crippen LogP contribution >= 0.6 is 11.6 Å². The number of hydrogen-bond donors (Lipinski definition) is 1. The van der Waals surface area contributed by atoms with E-state index in [0.29, 0.717) is 29.4 Å². The summed E-state index contributed by atoms with van der Waals surface area (Å²) in [5.74, 6) is 0.0897. The van der Waals surface area contributed by atoms with E-state index in [1.807, 2.05) is 37.4 Å². The number of aliphatic hydroxyl groups excluding tert-OH is 1. The molecule has 192 valence electrons. The van der Waals surface area contributed by atoms with E-state index in [0.717, 1.165) is 33.2 Å². The maximum absolute atomic E-state index is 14.0. The number of benzene rings is 3. The summed E-state index contributed by atoms with van der Waals surface area (Å²) in [5.41, 5.74) is 3.39. The third kappa shape index (κ3) is 3.84. The molecule has 3 aromatic carbocycles. The Balaban J connectivity index is 1.72. The normalized spacial score (nSPS) is 14.2. The third-order valence-corrected chi connectivity index (χ3v) is 7.35. The van der Waals surface area contributed by atoms with Gasteiger partial charge in [0.25, 0.3) is 5.56 Å². The van der Waals surface area contributed by atoms with Gasteiger partial charge in [-0.15, -0.1) is 10.2 Å². The topological polar surface area (TPSA) is 82.2 Å². The van der Waals surface area contributed by atoms with Crippen LogP contribution in [-0.4, -0.2) is 37.7 Å². The first-order chi connectivity index (χ1) is 18.4. The third-order valence-electron chi connectivity index (χ3n) is 7.12. The van der Waals surface area contributed by atoms with Crippen LogP contribution in [0.5, 0.6) is 0 Å². The van der Waals surface area contributed by atoms with Crippen molar-refractivity contribution >= 4 is 22.5 Å². The minimum absolute atomic E-state index is 0.00173. The summed E-state index contributed by atoms with van der Waals surface area (Å²) >= 11 is 6.32. The minimum Gasteiger partial charge on any atom is -0.394 e. The van der Waals surface area contributed by atoms with Gasteiger partial charge in [-0.3, -0.25) is 4.79 Å². The molecule has 0 spiro atoms. The Morgan fingerprint density at radius 3 is 2.63 bits per heavy atom. The van der Waals surface area contributed by atoms with Gasteiger partial charge in [-0.1, -0.05) is 35.9 Å². The van der Waals surface area contributed by atoms with Gasteiger partial charge in [0.15, 0.2) is 11.4 Å². The van der Waals surface area contributed by atoms with E-state index in [1.54, 1.807) is 39.7 Å². The zero-order valence-electron chi connectivity index (χ0n) is 20.6. The highest BCUT2D eigenvalue weighted by Gasteiger charge is 2.43. The Bertz CT molecular complexity index is 1730. The fourth-order valence-corrected chi connectivity index (χ4v) is 5.68. The molecule has 0 radical (unpaired) electrons. The van der Waals surface area contributed by atoms with Crippen molar-refractivity contribution in [3.63, 3.8) is 0 Å². The predicted octanol–water partition coefficient (Wildman–Crippen LogP) is 4.45. The van der Waals surface area contributed by atoms with E-state index in [2.05, 4.69) is 10.2 Å². The Morgan fingerprint density at radius 2 is 1.92 bits per heavy atom. The number of aryl methyl sites for hydroxylation is 3. The molecule has 2 aromatic heterocycles. The molecule has 0 saturated carbocycles. The summed E-state index contributed by atoms with van der Waals surface area (Å²) in [6, 6.07) is 19.1. The second-order valence-corrected chi connectivity index (χ2v) is 9.80. The number of aromatic nitrogens is 4. The molecule has 5 aromatic rings. The number of aliphatic hydroxyl groups is 1. The maximum atomic E-state index is 14.0. The van der Waals surface area contributed by atoms with Gasteiger partial charge < -0.3 is 19.0 Å². The van der Waals surface area contributed by atoms with E-state index < -0.39 is 5.60 Å². The zero-order valence-corrected chi connectivity index (χ0v) is 21.3. The number of ether oxygens (including phenoxy) is 1. The Kier molecular flexibility index (Phi) is 6.10. The van der Waals surface area contributed by atoms with Crippen LogP contribution in [0.1, 0.15) is 22.5 Å². The van der Waals surface area contributed by atoms with Crippen LogP contribution in [0.3, 0.4) is 0 Å². The standard InChI is InChI=1S/C29H24ClFN4O3/c1-34-17-32-33-28(34)29(38-12-11-36,20-5-7-23(31)8-6-20)21-13-19-9-10-35-26(37)16-24(25(15-21)27(19)35)18-3-2-4-22(30)14-18/h2-8,13-17,36H,9-12H2,1H3. The van der Waals surface area contributed by atoms with Crippen LogP contribution in [0, 0.1) is 5.82 Å². The monoisotopic (exact) mass is 530 g/mol. The van der Waals surface area contributed by atoms with Gasteiger partial charge in [-0.05, 0) is 70.6 Å². The molecular formula is C29H24ClFN4O3. The number of nitrogens with zero attached hydrogens (tertiary/aromatic N) is 4. The number of pyridine rings is 1. The van der Waals surface area contributed by atoms with Crippen molar-refractivity contribution in [2.45, 2.75) is 18.6 Å². The molecule has 1 unspecified atom stereocenters. The van der Waals surface area contributed by atoms with Crippen LogP contribution in [0.4, 0.5) is 4.39 Å². The molecule has 1 aliphatic rings. The highest BCUT2D eigenvalue weighted by atomic mass is 35.5. The van der Waals surface area contributed by atoms with Crippen molar-refractivity contribution in [1.82, 2.24) is 19.3 Å². The van der Waals surface area contributed by atoms with Crippen LogP contribution < -0.4 is 5.56 Å². The first kappa shape index (κ1) is 24.5. The molecule has 0 saturated heterocycles. The minimum atomic E-state index is -1.32. The van der Waals surface area contributed by atoms with Crippen LogP contribution in [-0.2, 0) is 30.4 Å². The summed E-state index contributed by atoms with van der Waals surface area (Å²) in [6.07, 6.45) is 2.24. The van der Waals surface area contributed by atoms with Crippen molar-refractivity contribution in [3.8, 4) is 11.1 Å². The Labute approximate surface area is 222 Å². The van der Waals surface area contributed by atoms with Gasteiger partial charge in [0.05, 0.1) is 18.7 Å². The lowest BCUT2D eigenvalue weighted by molar-refractivity contribution is -0.0136. The number of hydrogen-bond acceptors (Lipinski definition) is 5. The highest BCUT2D eigenvalue weighted by molar-refractivity contribution is 6.30. The second-order valence-electron chi connectivity index (χ2n) is 9.37. The van der Waals surface area contributed by atoms with E-state index >= 15 is 0 Å². The van der Waals surface area contributed by atoms with Gasteiger partial charge in [-0.2, -0.15) is 0 Å². The van der Waals surface area contributed by atoms with Crippen molar-refractivity contribution in [2.24, 2.45) is 7.05 Å². The predicted molar refractivity (Wildman–Crippen MR) is 143 cm³/mol. The molecule has 1 N–H and O–H groups in total. The van der Waals surface area contributed by atoms with Crippen LogP contribution in [0.2, 0.25) is 5.02 Å². The quantitative estimate of drug-likeness (QED) is 0.336. The molecule has 9 heteroatoms. The first-order valence-corrected chi connectivity index (χ1v) is 12.6. The van der Waals surface area contributed by atoms with Gasteiger partial charge >= 0.3 is 0 Å². The molecule has 1 atom stereocenters. The Morgan fingerprint density at radius 1 is 1.11 bits per heavy atom. The molecule has 1 aliphatic heterocycles. The van der Waals surface area contributed by atoms with Gasteiger partial charge in [-0.25, -0.2) is 4.39 Å². The van der Waals surface area contributed by atoms with Gasteiger partial charge in [0, 0.05) is 30.1 Å². The van der Waals surface area contributed by atoms with Crippen molar-refractivity contribution < 1.29 is 14.2 Å². The summed E-state index contributed by atoms with van der Waals surface area (Å²) < 4.78 is 24.1. The van der Waals surface area contributed by atoms with E-state index in [4.69, 9.17) is 16.3 Å². The van der Waals surface area contributed by atoms with Crippen LogP contribution in [0.15, 0.2) is 77.9 Å². The zero-order chi connectivity index (χ0) is 26.4. The van der Waals surface area contributed by atoms with E-state index in [1.165, 1.54) is 12.1 Å². The SMILES string of the molecule is Cn1cnnc1C(OCCO)(c1ccc(F)cc1)c1cc2c3c(c1)c(-c1cccc(Cl)c1)cc(=O)n3CC2. The van der Waals surface area contributed by atoms with Crippen molar-refractivity contribution in [2.75, 3.05) is 13.2 Å². The highest BCUT2D eigenvalue weighted by Crippen LogP contribution is 2.43. The summed E-state index contributed by atoms with van der Waals surface area (Å²) in [5, 5.41) is 19.7. The molecule has 7 nitrogen and oxygen atoms in total. The van der Waals surface area contributed by atoms with Gasteiger partial charge in [0.2, 0.25) is 0 Å². The molecular weight excluding hydrogens is 507 g/mol. The summed E-state index contributed by atoms with van der Waals surface area (Å²) in [4.78, 5) is 13.1. The van der Waals surface area contributed by atoms with Crippen molar-refractivity contribution in [3.05, 3.63) is 117 Å².